The topological polar surface area (TPSA) is 72.3 Å². The summed E-state index contributed by atoms with van der Waals surface area (Å²) in [5, 5.41) is 2.91. The smallest absolute Gasteiger partial charge is 0.285 e. The lowest BCUT2D eigenvalue weighted by Gasteiger charge is -2.43. The molecule has 2 amide bonds. The minimum Gasteiger partial charge on any atom is -0.493 e. The molecule has 2 atom stereocenters. The van der Waals surface area contributed by atoms with Crippen LogP contribution in [0.5, 0.6) is 11.5 Å². The van der Waals surface area contributed by atoms with Gasteiger partial charge in [0.05, 0.1) is 32.1 Å². The summed E-state index contributed by atoms with van der Waals surface area (Å²) in [7, 11) is 3.60. The van der Waals surface area contributed by atoms with Gasteiger partial charge in [0.15, 0.2) is 17.5 Å². The number of fused-ring (bicyclic) bond motifs is 1. The van der Waals surface area contributed by atoms with E-state index in [1.54, 1.807) is 25.9 Å². The van der Waals surface area contributed by atoms with Crippen molar-refractivity contribution in [3.63, 3.8) is 0 Å². The van der Waals surface area contributed by atoms with Crippen LogP contribution >= 0.6 is 0 Å². The average molecular weight is 427 g/mol. The number of ether oxygens (including phenoxy) is 2. The van der Waals surface area contributed by atoms with E-state index >= 15 is 0 Å². The monoisotopic (exact) mass is 426 g/mol. The predicted octanol–water partition coefficient (Wildman–Crippen LogP) is 2.26. The van der Waals surface area contributed by atoms with Crippen LogP contribution in [-0.2, 0) is 16.1 Å². The lowest BCUT2D eigenvalue weighted by Crippen LogP contribution is -3.13. The Balaban J connectivity index is 1.83. The molecule has 2 aromatic carbocycles. The fourth-order valence-electron chi connectivity index (χ4n) is 3.82. The molecule has 0 radical (unpaired) electrons. The van der Waals surface area contributed by atoms with Gasteiger partial charge in [-0.3, -0.25) is 14.5 Å². The summed E-state index contributed by atoms with van der Waals surface area (Å²) in [4.78, 5) is 28.9. The first kappa shape index (κ1) is 22.6. The second-order valence-corrected chi connectivity index (χ2v) is 8.37. The van der Waals surface area contributed by atoms with Crippen LogP contribution in [0.1, 0.15) is 33.3 Å². The van der Waals surface area contributed by atoms with Crippen LogP contribution in [0.2, 0.25) is 0 Å². The SMILES string of the molecule is CCOc1ccc(C[NH+](C)[C@H](C)C(=O)N2c3ccccc3NC(=O)C2(C)C)cc1OC. The van der Waals surface area contributed by atoms with E-state index in [1.165, 1.54) is 0 Å². The summed E-state index contributed by atoms with van der Waals surface area (Å²) in [5.74, 6) is 1.09. The average Bonchev–Trinajstić information content (AvgIpc) is 2.74. The Morgan fingerprint density at radius 2 is 1.90 bits per heavy atom. The van der Waals surface area contributed by atoms with Crippen molar-refractivity contribution < 1.29 is 24.0 Å². The van der Waals surface area contributed by atoms with Crippen LogP contribution in [0.25, 0.3) is 0 Å². The molecule has 2 N–H and O–H groups in total. The molecule has 3 rings (SSSR count). The molecule has 1 unspecified atom stereocenters. The largest absolute Gasteiger partial charge is 0.493 e. The number of methoxy groups -OCH3 is 1. The van der Waals surface area contributed by atoms with Gasteiger partial charge in [0.25, 0.3) is 5.91 Å². The van der Waals surface area contributed by atoms with Gasteiger partial charge < -0.3 is 19.7 Å². The molecule has 166 valence electrons. The van der Waals surface area contributed by atoms with E-state index in [0.717, 1.165) is 16.2 Å². The third-order valence-electron chi connectivity index (χ3n) is 5.85. The van der Waals surface area contributed by atoms with Gasteiger partial charge in [-0.1, -0.05) is 12.1 Å². The number of amides is 2. The number of quaternary nitrogens is 1. The molecule has 7 heteroatoms. The number of anilines is 2. The maximum Gasteiger partial charge on any atom is 0.285 e. The van der Waals surface area contributed by atoms with Crippen molar-refractivity contribution in [2.45, 2.75) is 45.8 Å². The van der Waals surface area contributed by atoms with Crippen molar-refractivity contribution in [3.8, 4) is 11.5 Å². The maximum atomic E-state index is 13.6. The highest BCUT2D eigenvalue weighted by Crippen LogP contribution is 2.37. The van der Waals surface area contributed by atoms with Crippen LogP contribution in [0.4, 0.5) is 11.4 Å². The first-order valence-electron chi connectivity index (χ1n) is 10.6. The molecule has 0 bridgehead atoms. The zero-order valence-corrected chi connectivity index (χ0v) is 19.1. The van der Waals surface area contributed by atoms with Crippen molar-refractivity contribution in [2.75, 3.05) is 31.0 Å². The number of benzene rings is 2. The zero-order chi connectivity index (χ0) is 22.8. The molecule has 1 aliphatic heterocycles. The molecule has 0 spiro atoms. The summed E-state index contributed by atoms with van der Waals surface area (Å²) < 4.78 is 11.0. The van der Waals surface area contributed by atoms with E-state index in [0.29, 0.717) is 30.3 Å². The van der Waals surface area contributed by atoms with Gasteiger partial charge in [0.1, 0.15) is 12.1 Å². The van der Waals surface area contributed by atoms with E-state index in [2.05, 4.69) is 5.32 Å². The van der Waals surface area contributed by atoms with Gasteiger partial charge >= 0.3 is 0 Å². The second-order valence-electron chi connectivity index (χ2n) is 8.37. The Bertz CT molecular complexity index is 973. The van der Waals surface area contributed by atoms with Crippen molar-refractivity contribution in [1.82, 2.24) is 0 Å². The number of rotatable bonds is 7. The summed E-state index contributed by atoms with van der Waals surface area (Å²) in [6.07, 6.45) is 0. The normalized spacial score (nSPS) is 16.7. The van der Waals surface area contributed by atoms with Gasteiger partial charge in [-0.25, -0.2) is 0 Å². The molecule has 1 aliphatic rings. The van der Waals surface area contributed by atoms with Gasteiger partial charge in [0, 0.05) is 5.56 Å². The molecular weight excluding hydrogens is 394 g/mol. The molecule has 31 heavy (non-hydrogen) atoms. The summed E-state index contributed by atoms with van der Waals surface area (Å²) in [6, 6.07) is 12.9. The molecule has 0 saturated carbocycles. The number of carbonyl (C=O) groups is 2. The Morgan fingerprint density at radius 3 is 2.58 bits per heavy atom. The Morgan fingerprint density at radius 1 is 1.19 bits per heavy atom. The first-order chi connectivity index (χ1) is 14.7. The molecule has 0 saturated heterocycles. The van der Waals surface area contributed by atoms with Crippen LogP contribution in [-0.4, -0.2) is 44.2 Å². The predicted molar refractivity (Wildman–Crippen MR) is 121 cm³/mol. The maximum absolute atomic E-state index is 13.6. The van der Waals surface area contributed by atoms with E-state index in [9.17, 15) is 9.59 Å². The minimum atomic E-state index is -0.984. The first-order valence-corrected chi connectivity index (χ1v) is 10.6. The van der Waals surface area contributed by atoms with Crippen molar-refractivity contribution in [1.29, 1.82) is 0 Å². The Labute approximate surface area is 183 Å². The Kier molecular flexibility index (Phi) is 6.55. The molecular formula is C24H32N3O4+. The number of likely N-dealkylation sites (N-methyl/N-ethyl adjacent to an activating group) is 1. The van der Waals surface area contributed by atoms with E-state index in [-0.39, 0.29) is 17.9 Å². The van der Waals surface area contributed by atoms with Crippen LogP contribution < -0.4 is 24.6 Å². The molecule has 2 aromatic rings. The van der Waals surface area contributed by atoms with Crippen LogP contribution in [0, 0.1) is 0 Å². The van der Waals surface area contributed by atoms with Crippen molar-refractivity contribution >= 4 is 23.2 Å². The summed E-state index contributed by atoms with van der Waals surface area (Å²) in [5.41, 5.74) is 1.43. The highest BCUT2D eigenvalue weighted by atomic mass is 16.5. The molecule has 7 nitrogen and oxygen atoms in total. The third-order valence-corrected chi connectivity index (χ3v) is 5.85. The number of nitrogens with one attached hydrogen (secondary N) is 2. The van der Waals surface area contributed by atoms with Gasteiger partial charge in [-0.05, 0) is 58.0 Å². The van der Waals surface area contributed by atoms with Crippen molar-refractivity contribution in [2.24, 2.45) is 0 Å². The van der Waals surface area contributed by atoms with E-state index < -0.39 is 5.54 Å². The minimum absolute atomic E-state index is 0.0947. The van der Waals surface area contributed by atoms with Gasteiger partial charge in [-0.2, -0.15) is 0 Å². The quantitative estimate of drug-likeness (QED) is 0.713. The zero-order valence-electron chi connectivity index (χ0n) is 19.1. The molecule has 1 heterocycles. The van der Waals surface area contributed by atoms with Crippen LogP contribution in [0.3, 0.4) is 0 Å². The highest BCUT2D eigenvalue weighted by molar-refractivity contribution is 6.14. The number of carbonyl (C=O) groups excluding carboxylic acids is 2. The fraction of sp³-hybridized carbons (Fsp3) is 0.417. The van der Waals surface area contributed by atoms with Crippen molar-refractivity contribution in [3.05, 3.63) is 48.0 Å². The number of nitrogens with zero attached hydrogens (tertiary/aromatic N) is 1. The van der Waals surface area contributed by atoms with E-state index in [4.69, 9.17) is 9.47 Å². The standard InChI is InChI=1S/C24H31N3O4/c1-7-31-20-13-12-17(14-21(20)30-6)15-26(5)16(2)22(28)27-19-11-9-8-10-18(19)25-23(29)24(27,3)4/h8-14,16H,7,15H2,1-6H3,(H,25,29)/p+1/t16-/m1/s1. The highest BCUT2D eigenvalue weighted by Gasteiger charge is 2.46. The van der Waals surface area contributed by atoms with Crippen LogP contribution in [0.15, 0.2) is 42.5 Å². The summed E-state index contributed by atoms with van der Waals surface area (Å²) >= 11 is 0. The van der Waals surface area contributed by atoms with Gasteiger partial charge in [-0.15, -0.1) is 0 Å². The lowest BCUT2D eigenvalue weighted by atomic mass is 9.95. The third kappa shape index (κ3) is 4.37. The number of hydrogen-bond acceptors (Lipinski definition) is 4. The number of hydrogen-bond donors (Lipinski definition) is 2. The summed E-state index contributed by atoms with van der Waals surface area (Å²) in [6.45, 7) is 8.56. The van der Waals surface area contributed by atoms with Gasteiger partial charge in [0.2, 0.25) is 5.91 Å². The molecule has 0 aliphatic carbocycles. The molecule has 0 aromatic heterocycles. The molecule has 0 fully saturated rings. The number of para-hydroxylation sites is 2. The van der Waals surface area contributed by atoms with E-state index in [1.807, 2.05) is 63.4 Å². The Hall–Kier alpha value is -3.06. The lowest BCUT2D eigenvalue weighted by molar-refractivity contribution is -0.908. The fourth-order valence-corrected chi connectivity index (χ4v) is 3.82. The second kappa shape index (κ2) is 8.98.